The van der Waals surface area contributed by atoms with E-state index in [9.17, 15) is 15.0 Å². The summed E-state index contributed by atoms with van der Waals surface area (Å²) in [6, 6.07) is -0.225. The van der Waals surface area contributed by atoms with Crippen LogP contribution in [0.3, 0.4) is 0 Å². The number of unbranched alkanes of at least 4 members (excludes halogenated alkanes) is 22. The highest BCUT2D eigenvalue weighted by Crippen LogP contribution is 2.41. The molecule has 5 nitrogen and oxygen atoms in total. The first kappa shape index (κ1) is 45.1. The minimum atomic E-state index is -1.06. The smallest absolute Gasteiger partial charge is 0.220 e. The van der Waals surface area contributed by atoms with Crippen LogP contribution in [0.25, 0.3) is 0 Å². The number of aliphatic hydroxyl groups excluding tert-OH is 1. The zero-order chi connectivity index (χ0) is 34.2. The molecule has 0 aromatic heterocycles. The van der Waals surface area contributed by atoms with E-state index in [1.54, 1.807) is 21.0 Å². The van der Waals surface area contributed by atoms with Crippen molar-refractivity contribution in [3.05, 3.63) is 12.2 Å². The molecule has 0 bridgehead atoms. The van der Waals surface area contributed by atoms with Gasteiger partial charge in [0.15, 0.2) is 0 Å². The second kappa shape index (κ2) is 31.4. The molecular formula is C41H81NO4. The van der Waals surface area contributed by atoms with E-state index in [0.717, 1.165) is 32.1 Å². The largest absolute Gasteiger partial charge is 0.396 e. The molecule has 0 rings (SSSR count). The summed E-state index contributed by atoms with van der Waals surface area (Å²) in [5, 5.41) is 24.9. The van der Waals surface area contributed by atoms with Crippen LogP contribution in [0.15, 0.2) is 12.2 Å². The average Bonchev–Trinajstić information content (AvgIpc) is 3.02. The van der Waals surface area contributed by atoms with Crippen LogP contribution < -0.4 is 5.32 Å². The van der Waals surface area contributed by atoms with Crippen molar-refractivity contribution in [2.24, 2.45) is 5.41 Å². The zero-order valence-corrected chi connectivity index (χ0v) is 31.7. The Morgan fingerprint density at radius 2 is 1.09 bits per heavy atom. The average molecular weight is 652 g/mol. The van der Waals surface area contributed by atoms with Crippen molar-refractivity contribution in [2.45, 2.75) is 219 Å². The summed E-state index contributed by atoms with van der Waals surface area (Å²) in [4.78, 5) is 12.9. The number of nitrogens with one attached hydrogen (secondary N) is 1. The number of carbonyl (C=O) groups is 1. The van der Waals surface area contributed by atoms with Crippen LogP contribution in [0.2, 0.25) is 0 Å². The number of hydrogen-bond acceptors (Lipinski definition) is 4. The highest BCUT2D eigenvalue weighted by Gasteiger charge is 2.44. The van der Waals surface area contributed by atoms with Crippen molar-refractivity contribution in [3.63, 3.8) is 0 Å². The number of rotatable bonds is 35. The highest BCUT2D eigenvalue weighted by atomic mass is 16.5. The van der Waals surface area contributed by atoms with E-state index in [4.69, 9.17) is 4.74 Å². The van der Waals surface area contributed by atoms with Gasteiger partial charge in [-0.1, -0.05) is 154 Å². The van der Waals surface area contributed by atoms with Crippen LogP contribution in [-0.4, -0.2) is 48.1 Å². The monoisotopic (exact) mass is 652 g/mol. The topological polar surface area (TPSA) is 78.8 Å². The molecule has 0 heterocycles. The van der Waals surface area contributed by atoms with E-state index in [1.165, 1.54) is 135 Å². The van der Waals surface area contributed by atoms with Crippen LogP contribution in [0.5, 0.6) is 0 Å². The number of aliphatic hydroxyl groups is 2. The Hall–Kier alpha value is -0.910. The summed E-state index contributed by atoms with van der Waals surface area (Å²) in [7, 11) is 1.65. The van der Waals surface area contributed by atoms with Crippen molar-refractivity contribution in [3.8, 4) is 0 Å². The van der Waals surface area contributed by atoms with Gasteiger partial charge in [0.25, 0.3) is 0 Å². The van der Waals surface area contributed by atoms with Crippen LogP contribution in [0.1, 0.15) is 207 Å². The SMILES string of the molecule is CCCCCCCC/C=C\CCCCCCCC(=O)NC(COC)CC(CO)(CCCCCCCCCCCCCC)C(C)(C)O. The molecule has 0 aliphatic carbocycles. The van der Waals surface area contributed by atoms with Gasteiger partial charge in [-0.3, -0.25) is 4.79 Å². The molecule has 0 aromatic rings. The summed E-state index contributed by atoms with van der Waals surface area (Å²) < 4.78 is 5.47. The first-order valence-corrected chi connectivity index (χ1v) is 20.0. The van der Waals surface area contributed by atoms with E-state index in [-0.39, 0.29) is 18.6 Å². The molecule has 1 amide bonds. The Kier molecular flexibility index (Phi) is 30.7. The number of carbonyl (C=O) groups excluding carboxylic acids is 1. The molecular weight excluding hydrogens is 570 g/mol. The highest BCUT2D eigenvalue weighted by molar-refractivity contribution is 5.76. The molecule has 3 N–H and O–H groups in total. The van der Waals surface area contributed by atoms with Crippen molar-refractivity contribution < 1.29 is 19.7 Å². The third kappa shape index (κ3) is 25.2. The van der Waals surface area contributed by atoms with Crippen molar-refractivity contribution in [1.82, 2.24) is 5.32 Å². The predicted octanol–water partition coefficient (Wildman–Crippen LogP) is 11.4. The quantitative estimate of drug-likeness (QED) is 0.0470. The molecule has 0 aliphatic heterocycles. The zero-order valence-electron chi connectivity index (χ0n) is 31.7. The number of hydrogen-bond donors (Lipinski definition) is 3. The number of allylic oxidation sites excluding steroid dienone is 2. The fourth-order valence-electron chi connectivity index (χ4n) is 6.78. The van der Waals surface area contributed by atoms with E-state index in [0.29, 0.717) is 19.4 Å². The summed E-state index contributed by atoms with van der Waals surface area (Å²) in [6.45, 7) is 8.43. The lowest BCUT2D eigenvalue weighted by Gasteiger charge is -2.44. The predicted molar refractivity (Wildman–Crippen MR) is 199 cm³/mol. The lowest BCUT2D eigenvalue weighted by molar-refractivity contribution is -0.125. The lowest BCUT2D eigenvalue weighted by Crippen LogP contribution is -2.52. The minimum absolute atomic E-state index is 0.0487. The van der Waals surface area contributed by atoms with Gasteiger partial charge in [-0.15, -0.1) is 0 Å². The van der Waals surface area contributed by atoms with E-state index >= 15 is 0 Å². The molecule has 0 saturated heterocycles. The van der Waals surface area contributed by atoms with Gasteiger partial charge in [0.05, 0.1) is 24.9 Å². The Bertz CT molecular complexity index is 688. The summed E-state index contributed by atoms with van der Waals surface area (Å²) in [5.74, 6) is 0.0487. The van der Waals surface area contributed by atoms with Gasteiger partial charge in [0.1, 0.15) is 0 Å². The van der Waals surface area contributed by atoms with Crippen LogP contribution in [-0.2, 0) is 9.53 Å². The summed E-state index contributed by atoms with van der Waals surface area (Å²) in [5.41, 5.74) is -1.73. The first-order chi connectivity index (χ1) is 22.3. The second-order valence-electron chi connectivity index (χ2n) is 14.9. The molecule has 0 aromatic carbocycles. The van der Waals surface area contributed by atoms with Gasteiger partial charge >= 0.3 is 0 Å². The molecule has 5 heteroatoms. The fourth-order valence-corrected chi connectivity index (χ4v) is 6.78. The van der Waals surface area contributed by atoms with Gasteiger partial charge in [-0.25, -0.2) is 0 Å². The number of amides is 1. The van der Waals surface area contributed by atoms with E-state index < -0.39 is 11.0 Å². The minimum Gasteiger partial charge on any atom is -0.396 e. The van der Waals surface area contributed by atoms with Gasteiger partial charge < -0.3 is 20.3 Å². The van der Waals surface area contributed by atoms with Crippen molar-refractivity contribution in [2.75, 3.05) is 20.3 Å². The van der Waals surface area contributed by atoms with Crippen molar-refractivity contribution in [1.29, 1.82) is 0 Å². The third-order valence-electron chi connectivity index (χ3n) is 10.1. The van der Waals surface area contributed by atoms with E-state index in [2.05, 4.69) is 31.3 Å². The molecule has 0 fully saturated rings. The molecule has 2 atom stereocenters. The second-order valence-corrected chi connectivity index (χ2v) is 14.9. The molecule has 0 spiro atoms. The van der Waals surface area contributed by atoms with Crippen LogP contribution in [0, 0.1) is 5.41 Å². The van der Waals surface area contributed by atoms with Crippen LogP contribution >= 0.6 is 0 Å². The van der Waals surface area contributed by atoms with Gasteiger partial charge in [-0.05, 0) is 58.8 Å². The Morgan fingerprint density at radius 3 is 1.50 bits per heavy atom. The maximum atomic E-state index is 12.9. The van der Waals surface area contributed by atoms with Gasteiger partial charge in [0, 0.05) is 18.9 Å². The first-order valence-electron chi connectivity index (χ1n) is 20.0. The van der Waals surface area contributed by atoms with Crippen molar-refractivity contribution >= 4 is 5.91 Å². The van der Waals surface area contributed by atoms with Gasteiger partial charge in [0.2, 0.25) is 5.91 Å². The van der Waals surface area contributed by atoms with E-state index in [1.807, 2.05) is 0 Å². The number of ether oxygens (including phenoxy) is 1. The lowest BCUT2D eigenvalue weighted by atomic mass is 9.67. The Labute approximate surface area is 287 Å². The molecule has 46 heavy (non-hydrogen) atoms. The molecule has 0 saturated carbocycles. The molecule has 0 radical (unpaired) electrons. The Morgan fingerprint density at radius 1 is 0.674 bits per heavy atom. The standard InChI is InChI=1S/C41H81NO4/c1-6-8-10-12-14-16-18-20-21-22-23-25-27-29-31-33-39(44)42-38(36-46-5)35-41(37-43,40(3,4)45)34-32-30-28-26-24-19-17-15-13-11-9-7-2/h20-21,38,43,45H,6-19,22-37H2,1-5H3,(H,42,44)/b21-20-. The third-order valence-corrected chi connectivity index (χ3v) is 10.1. The number of methoxy groups -OCH3 is 1. The molecule has 274 valence electrons. The fraction of sp³-hybridized carbons (Fsp3) is 0.927. The molecule has 2 unspecified atom stereocenters. The summed E-state index contributed by atoms with van der Waals surface area (Å²) >= 11 is 0. The Balaban J connectivity index is 4.32. The van der Waals surface area contributed by atoms with Gasteiger partial charge in [-0.2, -0.15) is 0 Å². The maximum absolute atomic E-state index is 12.9. The normalized spacial score (nSPS) is 14.2. The molecule has 0 aliphatic rings. The maximum Gasteiger partial charge on any atom is 0.220 e. The van der Waals surface area contributed by atoms with Crippen LogP contribution in [0.4, 0.5) is 0 Å². The summed E-state index contributed by atoms with van der Waals surface area (Å²) in [6.07, 6.45) is 38.0.